The molecule has 0 radical (unpaired) electrons. The number of anilines is 1. The molecule has 0 saturated heterocycles. The van der Waals surface area contributed by atoms with Gasteiger partial charge >= 0.3 is 6.20 Å². The zero-order chi connectivity index (χ0) is 9.68. The minimum atomic E-state index is 0.758. The molecule has 1 rings (SSSR count). The maximum Gasteiger partial charge on any atom is 0.319 e. The number of nitrogens with zero attached hydrogens (tertiary/aromatic N) is 1. The number of rotatable bonds is 2. The van der Waals surface area contributed by atoms with Crippen LogP contribution in [-0.2, 0) is 0 Å². The second-order valence-electron chi connectivity index (χ2n) is 2.47. The molecule has 13 heavy (non-hydrogen) atoms. The van der Waals surface area contributed by atoms with Gasteiger partial charge in [0.2, 0.25) is 0 Å². The van der Waals surface area contributed by atoms with E-state index in [0.717, 1.165) is 16.2 Å². The molecule has 0 aliphatic heterocycles. The minimum Gasteiger partial charge on any atom is -0.399 e. The molecule has 0 aliphatic rings. The fourth-order valence-electron chi connectivity index (χ4n) is 0.960. The zero-order valence-corrected chi connectivity index (χ0v) is 8.21. The van der Waals surface area contributed by atoms with E-state index in [1.165, 1.54) is 0 Å². The van der Waals surface area contributed by atoms with Crippen molar-refractivity contribution in [3.63, 3.8) is 0 Å². The van der Waals surface area contributed by atoms with Crippen molar-refractivity contribution in [3.05, 3.63) is 40.9 Å². The Bertz CT molecular complexity index is 346. The first kappa shape index (κ1) is 9.69. The summed E-state index contributed by atoms with van der Waals surface area (Å²) in [7, 11) is 0. The lowest BCUT2D eigenvalue weighted by Crippen LogP contribution is -1.84. The van der Waals surface area contributed by atoms with Gasteiger partial charge in [-0.3, -0.25) is 0 Å². The molecule has 0 unspecified atom stereocenters. The summed E-state index contributed by atoms with van der Waals surface area (Å²) in [4.78, 5) is 4.52. The highest BCUT2D eigenvalue weighted by molar-refractivity contribution is 8.07. The van der Waals surface area contributed by atoms with Crippen LogP contribution in [-0.4, -0.2) is 6.26 Å². The van der Waals surface area contributed by atoms with E-state index in [2.05, 4.69) is 4.85 Å². The SMILES string of the molecule is C#[N+]C=C(SC)c1ccc(N)cc1. The number of benzene rings is 1. The van der Waals surface area contributed by atoms with Crippen molar-refractivity contribution in [2.75, 3.05) is 12.0 Å². The van der Waals surface area contributed by atoms with Crippen molar-refractivity contribution in [3.8, 4) is 6.57 Å². The summed E-state index contributed by atoms with van der Waals surface area (Å²) in [6.45, 7) is 5.08. The van der Waals surface area contributed by atoms with Crippen LogP contribution in [0.1, 0.15) is 5.56 Å². The van der Waals surface area contributed by atoms with Gasteiger partial charge in [0, 0.05) is 5.69 Å². The first-order valence-electron chi connectivity index (χ1n) is 3.78. The fourth-order valence-corrected chi connectivity index (χ4v) is 1.50. The van der Waals surface area contributed by atoms with Crippen LogP contribution in [0.4, 0.5) is 5.69 Å². The third-order valence-electron chi connectivity index (χ3n) is 1.61. The summed E-state index contributed by atoms with van der Waals surface area (Å²) in [5, 5.41) is 0. The molecule has 0 aromatic heterocycles. The van der Waals surface area contributed by atoms with Crippen molar-refractivity contribution in [2.24, 2.45) is 0 Å². The van der Waals surface area contributed by atoms with Crippen LogP contribution in [0.15, 0.2) is 30.5 Å². The topological polar surface area (TPSA) is 30.4 Å². The molecule has 3 heteroatoms. The number of nitrogen functional groups attached to an aromatic ring is 1. The van der Waals surface area contributed by atoms with Crippen molar-refractivity contribution in [1.82, 2.24) is 0 Å². The van der Waals surface area contributed by atoms with E-state index in [1.807, 2.05) is 30.5 Å². The predicted octanol–water partition coefficient (Wildman–Crippen LogP) is 2.89. The van der Waals surface area contributed by atoms with Crippen LogP contribution < -0.4 is 5.73 Å². The van der Waals surface area contributed by atoms with Crippen LogP contribution in [0.3, 0.4) is 0 Å². The molecule has 2 N–H and O–H groups in total. The minimum absolute atomic E-state index is 0.758. The normalized spacial score (nSPS) is 10.9. The maximum atomic E-state index is 5.57. The van der Waals surface area contributed by atoms with Gasteiger partial charge < -0.3 is 5.73 Å². The van der Waals surface area contributed by atoms with Gasteiger partial charge in [0.15, 0.2) is 0 Å². The van der Waals surface area contributed by atoms with Gasteiger partial charge in [-0.2, -0.15) is 0 Å². The number of hydrogen-bond acceptors (Lipinski definition) is 2. The smallest absolute Gasteiger partial charge is 0.319 e. The molecule has 0 saturated carbocycles. The predicted molar refractivity (Wildman–Crippen MR) is 60.7 cm³/mol. The van der Waals surface area contributed by atoms with Crippen LogP contribution in [0.5, 0.6) is 0 Å². The Hall–Kier alpha value is -1.40. The van der Waals surface area contributed by atoms with Crippen LogP contribution >= 0.6 is 11.8 Å². The molecule has 1 aromatic rings. The Morgan fingerprint density at radius 2 is 2.08 bits per heavy atom. The van der Waals surface area contributed by atoms with E-state index in [0.29, 0.717) is 0 Å². The summed E-state index contributed by atoms with van der Waals surface area (Å²) in [6.07, 6.45) is 3.61. The van der Waals surface area contributed by atoms with Gasteiger partial charge in [-0.25, -0.2) is 0 Å². The quantitative estimate of drug-likeness (QED) is 0.728. The van der Waals surface area contributed by atoms with Crippen LogP contribution in [0, 0.1) is 6.57 Å². The molecule has 0 heterocycles. The molecule has 0 spiro atoms. The summed E-state index contributed by atoms with van der Waals surface area (Å²) < 4.78 is 0. The first-order valence-corrected chi connectivity index (χ1v) is 5.00. The van der Waals surface area contributed by atoms with Crippen molar-refractivity contribution < 1.29 is 0 Å². The van der Waals surface area contributed by atoms with Gasteiger partial charge in [-0.1, -0.05) is 12.1 Å². The molecular weight excluding hydrogens is 180 g/mol. The van der Waals surface area contributed by atoms with E-state index in [-0.39, 0.29) is 0 Å². The Morgan fingerprint density at radius 1 is 1.46 bits per heavy atom. The maximum absolute atomic E-state index is 5.57. The fraction of sp³-hybridized carbons (Fsp3) is 0.100. The lowest BCUT2D eigenvalue weighted by molar-refractivity contribution is 1.64. The van der Waals surface area contributed by atoms with Gasteiger partial charge in [-0.05, 0) is 28.8 Å². The molecule has 0 bridgehead atoms. The van der Waals surface area contributed by atoms with E-state index in [1.54, 1.807) is 18.0 Å². The summed E-state index contributed by atoms with van der Waals surface area (Å²) >= 11 is 1.60. The molecule has 0 aliphatic carbocycles. The molecule has 66 valence electrons. The van der Waals surface area contributed by atoms with Crippen molar-refractivity contribution >= 4 is 22.4 Å². The third kappa shape index (κ3) is 2.53. The molecule has 0 atom stereocenters. The summed E-state index contributed by atoms with van der Waals surface area (Å²) in [6, 6.07) is 7.61. The number of nitrogens with two attached hydrogens (primary N) is 1. The number of thioether (sulfide) groups is 1. The van der Waals surface area contributed by atoms with E-state index < -0.39 is 0 Å². The largest absolute Gasteiger partial charge is 0.399 e. The van der Waals surface area contributed by atoms with E-state index >= 15 is 0 Å². The lowest BCUT2D eigenvalue weighted by atomic mass is 10.2. The molecule has 2 nitrogen and oxygen atoms in total. The first-order chi connectivity index (χ1) is 6.27. The molecule has 0 amide bonds. The van der Waals surface area contributed by atoms with Crippen molar-refractivity contribution in [1.29, 1.82) is 0 Å². The van der Waals surface area contributed by atoms with Gasteiger partial charge in [0.05, 0.1) is 4.91 Å². The zero-order valence-electron chi connectivity index (χ0n) is 7.40. The average molecular weight is 191 g/mol. The second-order valence-corrected chi connectivity index (χ2v) is 3.32. The van der Waals surface area contributed by atoms with Gasteiger partial charge in [0.1, 0.15) is 0 Å². The van der Waals surface area contributed by atoms with E-state index in [9.17, 15) is 0 Å². The third-order valence-corrected chi connectivity index (χ3v) is 2.39. The summed E-state index contributed by atoms with van der Waals surface area (Å²) in [5.74, 6) is 0. The van der Waals surface area contributed by atoms with Crippen LogP contribution in [0.25, 0.3) is 9.75 Å². The number of hydrogen-bond donors (Lipinski definition) is 1. The average Bonchev–Trinajstić information content (AvgIpc) is 2.16. The van der Waals surface area contributed by atoms with Crippen LogP contribution in [0.2, 0.25) is 0 Å². The highest BCUT2D eigenvalue weighted by Crippen LogP contribution is 2.25. The monoisotopic (exact) mass is 191 g/mol. The Kier molecular flexibility index (Phi) is 3.41. The standard InChI is InChI=1S/C10H11N2S/c1-12-7-10(13-2)8-3-5-9(11)6-4-8/h1,3-7H,11H2,2H3/q+1. The highest BCUT2D eigenvalue weighted by Gasteiger charge is 2.02. The highest BCUT2D eigenvalue weighted by atomic mass is 32.2. The second kappa shape index (κ2) is 4.58. The summed E-state index contributed by atoms with van der Waals surface area (Å²) in [5.41, 5.74) is 7.41. The van der Waals surface area contributed by atoms with Gasteiger partial charge in [-0.15, -0.1) is 11.8 Å². The van der Waals surface area contributed by atoms with Gasteiger partial charge in [0.25, 0.3) is 6.57 Å². The molecular formula is C10H11N2S+. The molecule has 0 fully saturated rings. The van der Waals surface area contributed by atoms with E-state index in [4.69, 9.17) is 12.3 Å². The Morgan fingerprint density at radius 3 is 2.54 bits per heavy atom. The molecule has 1 aromatic carbocycles. The van der Waals surface area contributed by atoms with Crippen molar-refractivity contribution in [2.45, 2.75) is 0 Å². The Labute approximate surface area is 82.3 Å². The Balaban J connectivity index is 3.01. The lowest BCUT2D eigenvalue weighted by Gasteiger charge is -1.99.